The van der Waals surface area contributed by atoms with Gasteiger partial charge < -0.3 is 10.1 Å². The molecule has 3 rings (SSSR count). The summed E-state index contributed by atoms with van der Waals surface area (Å²) >= 11 is 3.54. The first kappa shape index (κ1) is 14.7. The monoisotopic (exact) mass is 363 g/mol. The number of tetrazole rings is 1. The number of carbonyl (C=O) groups excluding carboxylic acids is 1. The lowest BCUT2D eigenvalue weighted by Crippen LogP contribution is -2.30. The molecule has 7 nitrogen and oxygen atoms in total. The van der Waals surface area contributed by atoms with Crippen LogP contribution in [0, 0.1) is 0 Å². The van der Waals surface area contributed by atoms with Crippen LogP contribution < -0.4 is 5.32 Å². The largest absolute Gasteiger partial charge is 0.466 e. The van der Waals surface area contributed by atoms with Crippen LogP contribution in [0.2, 0.25) is 0 Å². The van der Waals surface area contributed by atoms with Crippen LogP contribution in [0.15, 0.2) is 40.0 Å². The zero-order valence-corrected chi connectivity index (χ0v) is 13.7. The van der Waals surface area contributed by atoms with E-state index in [1.54, 1.807) is 4.68 Å². The van der Waals surface area contributed by atoms with Crippen molar-refractivity contribution in [1.29, 1.82) is 0 Å². The second-order valence-electron chi connectivity index (χ2n) is 4.73. The normalized spacial score (nSPS) is 17.0. The fourth-order valence-electron chi connectivity index (χ4n) is 2.55. The first-order valence-electron chi connectivity index (χ1n) is 6.78. The highest BCUT2D eigenvalue weighted by atomic mass is 79.9. The summed E-state index contributed by atoms with van der Waals surface area (Å²) in [5.74, 6) is 0.108. The summed E-state index contributed by atoms with van der Waals surface area (Å²) in [5.41, 5.74) is 2.16. The zero-order valence-electron chi connectivity index (χ0n) is 12.1. The first-order valence-corrected chi connectivity index (χ1v) is 7.57. The van der Waals surface area contributed by atoms with Crippen molar-refractivity contribution in [3.8, 4) is 0 Å². The number of esters is 1. The van der Waals surface area contributed by atoms with Gasteiger partial charge in [-0.3, -0.25) is 0 Å². The molecule has 0 radical (unpaired) electrons. The second-order valence-corrected chi connectivity index (χ2v) is 5.59. The number of fused-ring (bicyclic) bond motifs is 1. The van der Waals surface area contributed by atoms with E-state index in [-0.39, 0.29) is 0 Å². The summed E-state index contributed by atoms with van der Waals surface area (Å²) in [6.45, 7) is 1.96. The number of aromatic nitrogens is 4. The number of hydrogen-bond donors (Lipinski definition) is 1. The summed E-state index contributed by atoms with van der Waals surface area (Å²) < 4.78 is 7.43. The molecule has 0 saturated carbocycles. The fraction of sp³-hybridized carbons (Fsp3) is 0.286. The highest BCUT2D eigenvalue weighted by Gasteiger charge is 2.36. The number of ether oxygens (including phenoxy) is 1. The molecule has 1 aliphatic rings. The van der Waals surface area contributed by atoms with E-state index >= 15 is 0 Å². The third kappa shape index (κ3) is 2.29. The van der Waals surface area contributed by atoms with E-state index in [1.165, 1.54) is 7.11 Å². The predicted octanol–water partition coefficient (Wildman–Crippen LogP) is 2.29. The molecule has 0 aliphatic carbocycles. The van der Waals surface area contributed by atoms with Gasteiger partial charge in [-0.15, -0.1) is 0 Å². The number of hydrogen-bond acceptors (Lipinski definition) is 6. The van der Waals surface area contributed by atoms with Crippen molar-refractivity contribution in [2.45, 2.75) is 19.4 Å². The zero-order chi connectivity index (χ0) is 15.7. The van der Waals surface area contributed by atoms with Gasteiger partial charge in [0.2, 0.25) is 5.95 Å². The molecule has 1 aliphatic heterocycles. The van der Waals surface area contributed by atoms with Gasteiger partial charge in [-0.25, -0.2) is 4.79 Å². The number of rotatable bonds is 3. The molecule has 0 amide bonds. The maximum Gasteiger partial charge on any atom is 0.338 e. The van der Waals surface area contributed by atoms with Gasteiger partial charge in [-0.05, 0) is 28.5 Å². The Hall–Kier alpha value is -2.22. The quantitative estimate of drug-likeness (QED) is 0.842. The van der Waals surface area contributed by atoms with Gasteiger partial charge in [0.25, 0.3) is 0 Å². The van der Waals surface area contributed by atoms with Gasteiger partial charge in [0.15, 0.2) is 0 Å². The number of halogens is 1. The molecule has 114 valence electrons. The van der Waals surface area contributed by atoms with Crippen LogP contribution in [0.25, 0.3) is 0 Å². The van der Waals surface area contributed by atoms with Crippen LogP contribution in [0.5, 0.6) is 0 Å². The van der Waals surface area contributed by atoms with Crippen molar-refractivity contribution < 1.29 is 9.53 Å². The topological polar surface area (TPSA) is 81.9 Å². The molecule has 0 bridgehead atoms. The minimum atomic E-state index is -0.441. The molecule has 8 heteroatoms. The molecule has 1 aromatic carbocycles. The second kappa shape index (κ2) is 5.88. The van der Waals surface area contributed by atoms with E-state index in [9.17, 15) is 4.79 Å². The standard InChI is InChI=1S/C14H14BrN5O2/c1-3-10-11(13(21)22-2)12(8-6-4-5-7-9(8)15)20-14(16-10)17-18-19-20/h4-7,12H,3H2,1-2H3,(H,16,17,19)/t12-/m0/s1. The van der Waals surface area contributed by atoms with Gasteiger partial charge in [0, 0.05) is 10.2 Å². The summed E-state index contributed by atoms with van der Waals surface area (Å²) in [6, 6.07) is 7.23. The smallest absolute Gasteiger partial charge is 0.338 e. The van der Waals surface area contributed by atoms with E-state index < -0.39 is 12.0 Å². The molecule has 22 heavy (non-hydrogen) atoms. The van der Waals surface area contributed by atoms with Crippen molar-refractivity contribution in [2.24, 2.45) is 0 Å². The number of nitrogens with one attached hydrogen (secondary N) is 1. The maximum absolute atomic E-state index is 12.3. The molecule has 1 N–H and O–H groups in total. The van der Waals surface area contributed by atoms with Crippen LogP contribution >= 0.6 is 15.9 Å². The molecule has 0 unspecified atom stereocenters. The van der Waals surface area contributed by atoms with Crippen LogP contribution in [-0.4, -0.2) is 33.3 Å². The molecule has 1 atom stereocenters. The van der Waals surface area contributed by atoms with Crippen molar-refractivity contribution in [2.75, 3.05) is 12.4 Å². The summed E-state index contributed by atoms with van der Waals surface area (Å²) in [6.07, 6.45) is 0.637. The molecule has 1 aromatic heterocycles. The maximum atomic E-state index is 12.3. The SMILES string of the molecule is CCC1=C(C(=O)OC)[C@H](c2ccccc2Br)n2nnnc2N1. The Kier molecular flexibility index (Phi) is 3.93. The molecular formula is C14H14BrN5O2. The summed E-state index contributed by atoms with van der Waals surface area (Å²) in [7, 11) is 1.37. The van der Waals surface area contributed by atoms with Crippen LogP contribution in [0.1, 0.15) is 24.9 Å². The van der Waals surface area contributed by atoms with Gasteiger partial charge in [-0.2, -0.15) is 4.68 Å². The van der Waals surface area contributed by atoms with Gasteiger partial charge in [0.05, 0.1) is 12.7 Å². The van der Waals surface area contributed by atoms with Gasteiger partial charge >= 0.3 is 5.97 Å². The molecule has 0 fully saturated rings. The molecule has 2 heterocycles. The van der Waals surface area contributed by atoms with Crippen molar-refractivity contribution in [3.63, 3.8) is 0 Å². The number of methoxy groups -OCH3 is 1. The van der Waals surface area contributed by atoms with E-state index in [1.807, 2.05) is 31.2 Å². The molecule has 2 aromatic rings. The van der Waals surface area contributed by atoms with E-state index in [4.69, 9.17) is 4.74 Å². The summed E-state index contributed by atoms with van der Waals surface area (Å²) in [4.78, 5) is 12.3. The number of anilines is 1. The number of allylic oxidation sites excluding steroid dienone is 1. The van der Waals surface area contributed by atoms with E-state index in [0.29, 0.717) is 17.9 Å². The number of benzene rings is 1. The lowest BCUT2D eigenvalue weighted by Gasteiger charge is -2.28. The highest BCUT2D eigenvalue weighted by Crippen LogP contribution is 2.38. The number of nitrogens with zero attached hydrogens (tertiary/aromatic N) is 4. The Labute approximate surface area is 135 Å². The summed E-state index contributed by atoms with van der Waals surface area (Å²) in [5, 5.41) is 14.8. The Balaban J connectivity index is 2.25. The van der Waals surface area contributed by atoms with Gasteiger partial charge in [-0.1, -0.05) is 46.2 Å². The predicted molar refractivity (Wildman–Crippen MR) is 83.1 cm³/mol. The van der Waals surface area contributed by atoms with Crippen LogP contribution in [0.3, 0.4) is 0 Å². The first-order chi connectivity index (χ1) is 10.7. The lowest BCUT2D eigenvalue weighted by molar-refractivity contribution is -0.136. The van der Waals surface area contributed by atoms with Crippen LogP contribution in [-0.2, 0) is 9.53 Å². The Morgan fingerprint density at radius 3 is 2.91 bits per heavy atom. The molecule has 0 saturated heterocycles. The van der Waals surface area contributed by atoms with E-state index in [2.05, 4.69) is 36.8 Å². The third-order valence-electron chi connectivity index (χ3n) is 3.56. The van der Waals surface area contributed by atoms with Gasteiger partial charge in [0.1, 0.15) is 6.04 Å². The Morgan fingerprint density at radius 1 is 1.45 bits per heavy atom. The van der Waals surface area contributed by atoms with Crippen molar-refractivity contribution in [3.05, 3.63) is 45.6 Å². The third-order valence-corrected chi connectivity index (χ3v) is 4.28. The van der Waals surface area contributed by atoms with Crippen molar-refractivity contribution >= 4 is 27.8 Å². The van der Waals surface area contributed by atoms with Crippen LogP contribution in [0.4, 0.5) is 5.95 Å². The fourth-order valence-corrected chi connectivity index (χ4v) is 3.05. The average Bonchev–Trinajstić information content (AvgIpc) is 3.01. The highest BCUT2D eigenvalue weighted by molar-refractivity contribution is 9.10. The van der Waals surface area contributed by atoms with Crippen molar-refractivity contribution in [1.82, 2.24) is 20.2 Å². The minimum absolute atomic E-state index is 0.397. The number of carbonyl (C=O) groups is 1. The lowest BCUT2D eigenvalue weighted by atomic mass is 9.94. The minimum Gasteiger partial charge on any atom is -0.466 e. The molecule has 0 spiro atoms. The Bertz CT molecular complexity index is 755. The van der Waals surface area contributed by atoms with E-state index in [0.717, 1.165) is 15.7 Å². The average molecular weight is 364 g/mol. The molecular weight excluding hydrogens is 350 g/mol. The Morgan fingerprint density at radius 2 is 2.23 bits per heavy atom.